The summed E-state index contributed by atoms with van der Waals surface area (Å²) in [4.78, 5) is 4.59. The van der Waals surface area contributed by atoms with Crippen LogP contribution in [0.4, 0.5) is 32.0 Å². The summed E-state index contributed by atoms with van der Waals surface area (Å²) in [5.74, 6) is 0.670. The van der Waals surface area contributed by atoms with Crippen LogP contribution < -0.4 is 15.0 Å². The van der Waals surface area contributed by atoms with Crippen LogP contribution in [0.1, 0.15) is 33.9 Å². The monoisotopic (exact) mass is 551 g/mol. The number of halogens is 6. The third-order valence-electron chi connectivity index (χ3n) is 7.02. The predicted molar refractivity (Wildman–Crippen MR) is 139 cm³/mol. The summed E-state index contributed by atoms with van der Waals surface area (Å²) in [6.45, 7) is 5.23. The number of ether oxygens (including phenoxy) is 1. The van der Waals surface area contributed by atoms with Gasteiger partial charge in [0.05, 0.1) is 24.3 Å². The van der Waals surface area contributed by atoms with Gasteiger partial charge in [-0.1, -0.05) is 36.4 Å². The standard InChI is InChI=1S/C29H31F6N3O/c1-20-7-3-5-9-25(20)37-11-13-38(14-12-37)26(24-8-4-6-10-27(24)39-2)19-36-18-21-15-22(28(30,31)32)17-23(16-21)29(33,34)35/h3-10,15-17,26,36H,11-14,18-19H2,1-2H3. The Kier molecular flexibility index (Phi) is 8.76. The second-order valence-electron chi connectivity index (χ2n) is 9.61. The molecule has 3 aromatic carbocycles. The number of methoxy groups -OCH3 is 1. The van der Waals surface area contributed by atoms with Gasteiger partial charge in [0.15, 0.2) is 0 Å². The van der Waals surface area contributed by atoms with E-state index < -0.39 is 23.5 Å². The van der Waals surface area contributed by atoms with Crippen molar-refractivity contribution in [1.82, 2.24) is 10.2 Å². The van der Waals surface area contributed by atoms with Crippen molar-refractivity contribution in [2.75, 3.05) is 44.7 Å². The van der Waals surface area contributed by atoms with E-state index >= 15 is 0 Å². The number of nitrogens with zero attached hydrogens (tertiary/aromatic N) is 2. The molecule has 1 fully saturated rings. The number of rotatable bonds is 8. The number of nitrogens with one attached hydrogen (secondary N) is 1. The van der Waals surface area contributed by atoms with Crippen LogP contribution >= 0.6 is 0 Å². The maximum atomic E-state index is 13.3. The molecule has 0 bridgehead atoms. The fourth-order valence-electron chi connectivity index (χ4n) is 5.04. The first kappa shape index (κ1) is 28.8. The lowest BCUT2D eigenvalue weighted by atomic mass is 10.0. The minimum absolute atomic E-state index is 0.0831. The van der Waals surface area contributed by atoms with Crippen molar-refractivity contribution in [2.45, 2.75) is 31.9 Å². The van der Waals surface area contributed by atoms with Crippen molar-refractivity contribution in [1.29, 1.82) is 0 Å². The van der Waals surface area contributed by atoms with Gasteiger partial charge in [-0.25, -0.2) is 0 Å². The van der Waals surface area contributed by atoms with Gasteiger partial charge in [0.2, 0.25) is 0 Å². The molecule has 0 radical (unpaired) electrons. The zero-order chi connectivity index (χ0) is 28.2. The summed E-state index contributed by atoms with van der Waals surface area (Å²) in [5.41, 5.74) is 0.546. The SMILES string of the molecule is COc1ccccc1C(CNCc1cc(C(F)(F)F)cc(C(F)(F)F)c1)N1CCN(c2ccccc2C)CC1. The zero-order valence-electron chi connectivity index (χ0n) is 21.7. The van der Waals surface area contributed by atoms with E-state index in [1.165, 1.54) is 11.3 Å². The number of piperazine rings is 1. The molecule has 0 saturated carbocycles. The van der Waals surface area contributed by atoms with Crippen molar-refractivity contribution in [3.63, 3.8) is 0 Å². The topological polar surface area (TPSA) is 27.7 Å². The Morgan fingerprint density at radius 2 is 1.41 bits per heavy atom. The van der Waals surface area contributed by atoms with E-state index in [9.17, 15) is 26.3 Å². The Morgan fingerprint density at radius 1 is 0.821 bits per heavy atom. The number of aryl methyl sites for hydroxylation is 1. The number of benzene rings is 3. The molecular formula is C29H31F6N3O. The quantitative estimate of drug-likeness (QED) is 0.316. The first-order valence-corrected chi connectivity index (χ1v) is 12.6. The minimum Gasteiger partial charge on any atom is -0.496 e. The second-order valence-corrected chi connectivity index (χ2v) is 9.61. The predicted octanol–water partition coefficient (Wildman–Crippen LogP) is 6.69. The minimum atomic E-state index is -4.88. The Labute approximate surface area is 224 Å². The molecule has 1 saturated heterocycles. The highest BCUT2D eigenvalue weighted by molar-refractivity contribution is 5.53. The first-order chi connectivity index (χ1) is 18.5. The van der Waals surface area contributed by atoms with Gasteiger partial charge in [-0.15, -0.1) is 0 Å². The molecule has 210 valence electrons. The average molecular weight is 552 g/mol. The van der Waals surface area contributed by atoms with Gasteiger partial charge < -0.3 is 15.0 Å². The lowest BCUT2D eigenvalue weighted by Crippen LogP contribution is -2.49. The molecule has 1 aliphatic rings. The van der Waals surface area contributed by atoms with E-state index in [0.29, 0.717) is 12.3 Å². The average Bonchev–Trinajstić information content (AvgIpc) is 2.90. The van der Waals surface area contributed by atoms with Gasteiger partial charge in [-0.05, 0) is 48.4 Å². The smallest absolute Gasteiger partial charge is 0.416 e. The van der Waals surface area contributed by atoms with Gasteiger partial charge in [0, 0.05) is 50.5 Å². The molecule has 1 aliphatic heterocycles. The van der Waals surface area contributed by atoms with Crippen LogP contribution in [0.25, 0.3) is 0 Å². The molecule has 4 nitrogen and oxygen atoms in total. The molecule has 1 atom stereocenters. The van der Waals surface area contributed by atoms with Crippen LogP contribution in [0.2, 0.25) is 0 Å². The highest BCUT2D eigenvalue weighted by Crippen LogP contribution is 2.36. The highest BCUT2D eigenvalue weighted by atomic mass is 19.4. The highest BCUT2D eigenvalue weighted by Gasteiger charge is 2.37. The molecule has 4 rings (SSSR count). The third-order valence-corrected chi connectivity index (χ3v) is 7.02. The molecular weight excluding hydrogens is 520 g/mol. The zero-order valence-corrected chi connectivity index (χ0v) is 21.7. The van der Waals surface area contributed by atoms with E-state index in [4.69, 9.17) is 4.74 Å². The molecule has 0 aromatic heterocycles. The van der Waals surface area contributed by atoms with Crippen LogP contribution in [-0.4, -0.2) is 44.7 Å². The van der Waals surface area contributed by atoms with E-state index in [0.717, 1.165) is 43.9 Å². The fraction of sp³-hybridized carbons (Fsp3) is 0.379. The maximum absolute atomic E-state index is 13.3. The van der Waals surface area contributed by atoms with Gasteiger partial charge in [-0.3, -0.25) is 4.90 Å². The van der Waals surface area contributed by atoms with Crippen molar-refractivity contribution >= 4 is 5.69 Å². The Bertz CT molecular complexity index is 1220. The Morgan fingerprint density at radius 3 is 2.00 bits per heavy atom. The van der Waals surface area contributed by atoms with Gasteiger partial charge in [-0.2, -0.15) is 26.3 Å². The number of para-hydroxylation sites is 2. The van der Waals surface area contributed by atoms with Crippen LogP contribution in [0, 0.1) is 6.92 Å². The van der Waals surface area contributed by atoms with Crippen molar-refractivity contribution in [2.24, 2.45) is 0 Å². The number of anilines is 1. The summed E-state index contributed by atoms with van der Waals surface area (Å²) in [6.07, 6.45) is -9.76. The largest absolute Gasteiger partial charge is 0.496 e. The third kappa shape index (κ3) is 7.05. The summed E-state index contributed by atoms with van der Waals surface area (Å²) in [7, 11) is 1.57. The Hall–Kier alpha value is -3.24. The number of hydrogen-bond donors (Lipinski definition) is 1. The van der Waals surface area contributed by atoms with Crippen LogP contribution in [0.3, 0.4) is 0 Å². The normalized spacial score (nSPS) is 15.8. The molecule has 39 heavy (non-hydrogen) atoms. The fourth-order valence-corrected chi connectivity index (χ4v) is 5.04. The van der Waals surface area contributed by atoms with Gasteiger partial charge >= 0.3 is 12.4 Å². The molecule has 0 spiro atoms. The summed E-state index contributed by atoms with van der Waals surface area (Å²) >= 11 is 0. The Balaban J connectivity index is 1.53. The lowest BCUT2D eigenvalue weighted by Gasteiger charge is -2.41. The van der Waals surface area contributed by atoms with Gasteiger partial charge in [0.1, 0.15) is 5.75 Å². The van der Waals surface area contributed by atoms with Gasteiger partial charge in [0.25, 0.3) is 0 Å². The van der Waals surface area contributed by atoms with Crippen molar-refractivity contribution in [3.05, 3.63) is 94.5 Å². The van der Waals surface area contributed by atoms with Crippen molar-refractivity contribution in [3.8, 4) is 5.75 Å². The van der Waals surface area contributed by atoms with Crippen LogP contribution in [0.5, 0.6) is 5.75 Å². The molecule has 1 unspecified atom stereocenters. The molecule has 3 aromatic rings. The van der Waals surface area contributed by atoms with Crippen LogP contribution in [-0.2, 0) is 18.9 Å². The first-order valence-electron chi connectivity index (χ1n) is 12.6. The van der Waals surface area contributed by atoms with E-state index in [1.807, 2.05) is 36.4 Å². The summed E-state index contributed by atoms with van der Waals surface area (Å²) in [6, 6.07) is 17.2. The lowest BCUT2D eigenvalue weighted by molar-refractivity contribution is -0.143. The van der Waals surface area contributed by atoms with E-state index in [2.05, 4.69) is 34.2 Å². The summed E-state index contributed by atoms with van der Waals surface area (Å²) in [5, 5.41) is 3.11. The van der Waals surface area contributed by atoms with E-state index in [-0.39, 0.29) is 24.2 Å². The van der Waals surface area contributed by atoms with E-state index in [1.54, 1.807) is 7.11 Å². The molecule has 0 aliphatic carbocycles. The summed E-state index contributed by atoms with van der Waals surface area (Å²) < 4.78 is 85.4. The van der Waals surface area contributed by atoms with Crippen molar-refractivity contribution < 1.29 is 31.1 Å². The van der Waals surface area contributed by atoms with Crippen LogP contribution in [0.15, 0.2) is 66.7 Å². The molecule has 1 N–H and O–H groups in total. The molecule has 0 amide bonds. The molecule has 1 heterocycles. The number of hydrogen-bond acceptors (Lipinski definition) is 4. The molecule has 10 heteroatoms. The number of alkyl halides is 6. The second kappa shape index (κ2) is 11.9. The maximum Gasteiger partial charge on any atom is 0.416 e.